The summed E-state index contributed by atoms with van der Waals surface area (Å²) in [7, 11) is 1.63. The standard InChI is InChI=1S/C31H28N6O2S/c1-21-17-22(2)34-31(33-21)40-20-23-9-11-25(12-10-23)30(38)35-32-18-26-19-37(27-7-5-4-6-8-27)36-29(26)24-13-15-28(39-3)16-14-24/h4-19H,20H2,1-3H3,(H,35,38)/b32-18+. The molecule has 40 heavy (non-hydrogen) atoms. The summed E-state index contributed by atoms with van der Waals surface area (Å²) in [6.07, 6.45) is 3.50. The van der Waals surface area contributed by atoms with Gasteiger partial charge in [-0.05, 0) is 74.0 Å². The normalized spacial score (nSPS) is 11.1. The van der Waals surface area contributed by atoms with Crippen LogP contribution in [0.2, 0.25) is 0 Å². The lowest BCUT2D eigenvalue weighted by molar-refractivity contribution is 0.0955. The SMILES string of the molecule is COc1ccc(-c2nn(-c3ccccc3)cc2/C=N/NC(=O)c2ccc(CSc3nc(C)cc(C)n3)cc2)cc1. The fourth-order valence-electron chi connectivity index (χ4n) is 4.05. The summed E-state index contributed by atoms with van der Waals surface area (Å²) in [4.78, 5) is 21.7. The molecule has 0 fully saturated rings. The monoisotopic (exact) mass is 548 g/mol. The number of para-hydroxylation sites is 1. The Morgan fingerprint density at radius 3 is 2.35 bits per heavy atom. The van der Waals surface area contributed by atoms with E-state index < -0.39 is 0 Å². The molecule has 5 aromatic rings. The van der Waals surface area contributed by atoms with Crippen molar-refractivity contribution >= 4 is 23.9 Å². The largest absolute Gasteiger partial charge is 0.497 e. The molecule has 0 radical (unpaired) electrons. The highest BCUT2D eigenvalue weighted by atomic mass is 32.2. The molecule has 0 saturated heterocycles. The molecule has 9 heteroatoms. The highest BCUT2D eigenvalue weighted by Gasteiger charge is 2.12. The number of hydrogen-bond donors (Lipinski definition) is 1. The van der Waals surface area contributed by atoms with Gasteiger partial charge in [-0.3, -0.25) is 4.79 Å². The lowest BCUT2D eigenvalue weighted by Crippen LogP contribution is -2.17. The molecule has 200 valence electrons. The van der Waals surface area contributed by atoms with E-state index in [1.807, 2.05) is 92.8 Å². The van der Waals surface area contributed by atoms with Gasteiger partial charge in [0.2, 0.25) is 0 Å². The van der Waals surface area contributed by atoms with E-state index in [2.05, 4.69) is 20.5 Å². The van der Waals surface area contributed by atoms with Gasteiger partial charge < -0.3 is 4.74 Å². The predicted molar refractivity (Wildman–Crippen MR) is 158 cm³/mol. The number of thioether (sulfide) groups is 1. The van der Waals surface area contributed by atoms with E-state index in [1.165, 1.54) is 0 Å². The maximum atomic E-state index is 12.8. The van der Waals surface area contributed by atoms with Crippen molar-refractivity contribution in [2.75, 3.05) is 7.11 Å². The summed E-state index contributed by atoms with van der Waals surface area (Å²) >= 11 is 1.57. The Hall–Kier alpha value is -4.76. The number of hydrazone groups is 1. The van der Waals surface area contributed by atoms with Gasteiger partial charge in [0.05, 0.1) is 19.0 Å². The first-order valence-corrected chi connectivity index (χ1v) is 13.6. The van der Waals surface area contributed by atoms with E-state index in [0.29, 0.717) is 11.3 Å². The number of rotatable bonds is 9. The molecule has 0 saturated carbocycles. The molecule has 3 aromatic carbocycles. The second-order valence-corrected chi connectivity index (χ2v) is 10.0. The maximum Gasteiger partial charge on any atom is 0.271 e. The molecular formula is C31H28N6O2S. The second-order valence-electron chi connectivity index (χ2n) is 9.06. The van der Waals surface area contributed by atoms with Gasteiger partial charge >= 0.3 is 0 Å². The molecule has 0 spiro atoms. The van der Waals surface area contributed by atoms with Gasteiger partial charge in [-0.15, -0.1) is 0 Å². The third kappa shape index (κ3) is 6.62. The molecule has 0 bridgehead atoms. The molecule has 8 nitrogen and oxygen atoms in total. The van der Waals surface area contributed by atoms with Gasteiger partial charge in [0.1, 0.15) is 11.4 Å². The minimum Gasteiger partial charge on any atom is -0.497 e. The van der Waals surface area contributed by atoms with Gasteiger partial charge in [-0.2, -0.15) is 10.2 Å². The summed E-state index contributed by atoms with van der Waals surface area (Å²) in [5, 5.41) is 9.77. The van der Waals surface area contributed by atoms with Gasteiger partial charge in [0.25, 0.3) is 5.91 Å². The van der Waals surface area contributed by atoms with Crippen molar-refractivity contribution in [3.63, 3.8) is 0 Å². The molecule has 5 rings (SSSR count). The van der Waals surface area contributed by atoms with Crippen LogP contribution in [0.3, 0.4) is 0 Å². The van der Waals surface area contributed by atoms with E-state index in [0.717, 1.165) is 50.4 Å². The Morgan fingerprint density at radius 2 is 1.68 bits per heavy atom. The highest BCUT2D eigenvalue weighted by molar-refractivity contribution is 7.98. The number of hydrogen-bond acceptors (Lipinski definition) is 7. The number of nitrogens with one attached hydrogen (secondary N) is 1. The van der Waals surface area contributed by atoms with Crippen LogP contribution >= 0.6 is 11.8 Å². The molecule has 2 aromatic heterocycles. The van der Waals surface area contributed by atoms with Crippen LogP contribution in [0.1, 0.15) is 32.9 Å². The highest BCUT2D eigenvalue weighted by Crippen LogP contribution is 2.25. The third-order valence-corrected chi connectivity index (χ3v) is 6.96. The van der Waals surface area contributed by atoms with Crippen molar-refractivity contribution in [3.8, 4) is 22.7 Å². The fraction of sp³-hybridized carbons (Fsp3) is 0.129. The van der Waals surface area contributed by atoms with Crippen molar-refractivity contribution in [1.82, 2.24) is 25.2 Å². The van der Waals surface area contributed by atoms with E-state index in [-0.39, 0.29) is 5.91 Å². The van der Waals surface area contributed by atoms with Crippen LogP contribution < -0.4 is 10.2 Å². The number of nitrogens with zero attached hydrogens (tertiary/aromatic N) is 5. The number of benzene rings is 3. The van der Waals surface area contributed by atoms with Crippen molar-refractivity contribution < 1.29 is 9.53 Å². The van der Waals surface area contributed by atoms with E-state index >= 15 is 0 Å². The zero-order valence-corrected chi connectivity index (χ0v) is 23.2. The minimum absolute atomic E-state index is 0.297. The van der Waals surface area contributed by atoms with E-state index in [4.69, 9.17) is 9.84 Å². The molecule has 0 aliphatic heterocycles. The average Bonchev–Trinajstić information content (AvgIpc) is 3.40. The summed E-state index contributed by atoms with van der Waals surface area (Å²) in [6, 6.07) is 26.9. The van der Waals surface area contributed by atoms with Crippen molar-refractivity contribution in [3.05, 3.63) is 119 Å². The molecule has 0 atom stereocenters. The number of carbonyl (C=O) groups is 1. The van der Waals surface area contributed by atoms with Gasteiger partial charge in [0.15, 0.2) is 5.16 Å². The van der Waals surface area contributed by atoms with Crippen LogP contribution in [0.4, 0.5) is 0 Å². The van der Waals surface area contributed by atoms with Gasteiger partial charge in [0, 0.05) is 40.0 Å². The van der Waals surface area contributed by atoms with Crippen LogP contribution in [0, 0.1) is 13.8 Å². The Kier molecular flexibility index (Phi) is 8.32. The number of aromatic nitrogens is 4. The van der Waals surface area contributed by atoms with E-state index in [9.17, 15) is 4.79 Å². The first-order chi connectivity index (χ1) is 19.5. The lowest BCUT2D eigenvalue weighted by Gasteiger charge is -2.05. The van der Waals surface area contributed by atoms with Crippen molar-refractivity contribution in [1.29, 1.82) is 0 Å². The summed E-state index contributed by atoms with van der Waals surface area (Å²) < 4.78 is 7.08. The first kappa shape index (κ1) is 26.8. The van der Waals surface area contributed by atoms with Crippen LogP contribution in [0.5, 0.6) is 5.75 Å². The van der Waals surface area contributed by atoms with E-state index in [1.54, 1.807) is 41.9 Å². The van der Waals surface area contributed by atoms with Gasteiger partial charge in [-0.25, -0.2) is 20.1 Å². The third-order valence-electron chi connectivity index (χ3n) is 6.04. The zero-order chi connectivity index (χ0) is 27.9. The predicted octanol–water partition coefficient (Wildman–Crippen LogP) is 6.01. The molecule has 1 amide bonds. The number of carbonyl (C=O) groups excluding carboxylic acids is 1. The van der Waals surface area contributed by atoms with Crippen LogP contribution in [0.15, 0.2) is 101 Å². The summed E-state index contributed by atoms with van der Waals surface area (Å²) in [5.74, 6) is 1.18. The summed E-state index contributed by atoms with van der Waals surface area (Å²) in [6.45, 7) is 3.92. The first-order valence-electron chi connectivity index (χ1n) is 12.7. The smallest absolute Gasteiger partial charge is 0.271 e. The Labute approximate surface area is 237 Å². The second kappa shape index (κ2) is 12.4. The molecule has 0 aliphatic carbocycles. The number of methoxy groups -OCH3 is 1. The van der Waals surface area contributed by atoms with Crippen molar-refractivity contribution in [2.45, 2.75) is 24.8 Å². The fourth-order valence-corrected chi connectivity index (χ4v) is 4.96. The molecular weight excluding hydrogens is 520 g/mol. The Bertz CT molecular complexity index is 1610. The Morgan fingerprint density at radius 1 is 0.975 bits per heavy atom. The van der Waals surface area contributed by atoms with Gasteiger partial charge in [-0.1, -0.05) is 42.1 Å². The average molecular weight is 549 g/mol. The molecule has 0 aliphatic rings. The number of amides is 1. The molecule has 0 unspecified atom stereocenters. The number of aryl methyl sites for hydroxylation is 2. The number of ether oxygens (including phenoxy) is 1. The lowest BCUT2D eigenvalue weighted by atomic mass is 10.1. The van der Waals surface area contributed by atoms with Crippen molar-refractivity contribution in [2.24, 2.45) is 5.10 Å². The molecule has 1 N–H and O–H groups in total. The van der Waals surface area contributed by atoms with Crippen LogP contribution in [-0.4, -0.2) is 39.0 Å². The summed E-state index contributed by atoms with van der Waals surface area (Å²) in [5.41, 5.74) is 9.44. The topological polar surface area (TPSA) is 94.3 Å². The Balaban J connectivity index is 1.27. The van der Waals surface area contributed by atoms with Crippen LogP contribution in [0.25, 0.3) is 16.9 Å². The molecule has 2 heterocycles. The zero-order valence-electron chi connectivity index (χ0n) is 22.4. The maximum absolute atomic E-state index is 12.8. The quantitative estimate of drug-likeness (QED) is 0.105. The van der Waals surface area contributed by atoms with Crippen LogP contribution in [-0.2, 0) is 5.75 Å². The minimum atomic E-state index is -0.297.